The van der Waals surface area contributed by atoms with E-state index in [1.165, 1.54) is 37.9 Å². The highest BCUT2D eigenvalue weighted by Gasteiger charge is 2.04. The molecule has 8 heteroatoms. The lowest BCUT2D eigenvalue weighted by atomic mass is 10.2. The van der Waals surface area contributed by atoms with Crippen molar-refractivity contribution >= 4 is 29.4 Å². The molecule has 0 rings (SSSR count). The molecular formula is C14H30O5PS2-. The lowest BCUT2D eigenvalue weighted by molar-refractivity contribution is -0.223. The van der Waals surface area contributed by atoms with Crippen LogP contribution < -0.4 is 4.89 Å². The molecule has 0 fully saturated rings. The molecule has 0 saturated heterocycles. The zero-order valence-electron chi connectivity index (χ0n) is 13.8. The Morgan fingerprint density at radius 3 is 1.82 bits per heavy atom. The topological polar surface area (TPSA) is 67.8 Å². The van der Waals surface area contributed by atoms with E-state index in [1.807, 2.05) is 21.6 Å². The van der Waals surface area contributed by atoms with E-state index in [1.54, 1.807) is 7.11 Å². The first-order valence-corrected chi connectivity index (χ1v) is 11.8. The standard InChI is InChI=1S/C14H31O5PS2/c1-17-11-7-3-5-9-13-21-22-14-10-6-4-8-12-19-20(15,16)18-2/h3-14H2,1-2H3,(H,15,16)/p-1. The van der Waals surface area contributed by atoms with E-state index >= 15 is 0 Å². The number of rotatable bonds is 17. The summed E-state index contributed by atoms with van der Waals surface area (Å²) in [6, 6.07) is 0. The number of unbranched alkanes of at least 4 members (excludes halogenated alkanes) is 6. The van der Waals surface area contributed by atoms with Gasteiger partial charge in [-0.2, -0.15) is 0 Å². The third-order valence-corrected chi connectivity index (χ3v) is 6.53. The Labute approximate surface area is 143 Å². The van der Waals surface area contributed by atoms with Crippen molar-refractivity contribution in [3.63, 3.8) is 0 Å². The van der Waals surface area contributed by atoms with Gasteiger partial charge in [-0.15, -0.1) is 0 Å². The van der Waals surface area contributed by atoms with Crippen molar-refractivity contribution in [3.8, 4) is 0 Å². The van der Waals surface area contributed by atoms with E-state index in [0.29, 0.717) is 0 Å². The number of phosphoric acid groups is 1. The van der Waals surface area contributed by atoms with Gasteiger partial charge in [0, 0.05) is 32.3 Å². The van der Waals surface area contributed by atoms with Crippen LogP contribution >= 0.6 is 29.4 Å². The van der Waals surface area contributed by atoms with Gasteiger partial charge in [0.05, 0.1) is 6.61 Å². The first kappa shape index (κ1) is 22.8. The Morgan fingerprint density at radius 2 is 1.32 bits per heavy atom. The molecule has 0 aromatic carbocycles. The number of ether oxygens (including phenoxy) is 1. The van der Waals surface area contributed by atoms with E-state index in [-0.39, 0.29) is 6.61 Å². The van der Waals surface area contributed by atoms with Gasteiger partial charge in [-0.05, 0) is 25.7 Å². The summed E-state index contributed by atoms with van der Waals surface area (Å²) in [5, 5.41) is 0. The summed E-state index contributed by atoms with van der Waals surface area (Å²) in [7, 11) is 2.74. The van der Waals surface area contributed by atoms with Gasteiger partial charge in [0.15, 0.2) is 0 Å². The van der Waals surface area contributed by atoms with Crippen LogP contribution in [-0.4, -0.2) is 38.9 Å². The lowest BCUT2D eigenvalue weighted by Crippen LogP contribution is -2.06. The number of methoxy groups -OCH3 is 1. The molecule has 5 nitrogen and oxygen atoms in total. The molecule has 0 bridgehead atoms. The molecule has 0 spiro atoms. The van der Waals surface area contributed by atoms with Crippen LogP contribution in [0.5, 0.6) is 0 Å². The second kappa shape index (κ2) is 16.6. The minimum atomic E-state index is -4.02. The average Bonchev–Trinajstić information content (AvgIpc) is 2.51. The molecule has 0 saturated carbocycles. The SMILES string of the molecule is COCCCCCCSSCCCCCCOP(=O)([O-])OC. The van der Waals surface area contributed by atoms with Crippen LogP contribution in [0.3, 0.4) is 0 Å². The summed E-state index contributed by atoms with van der Waals surface area (Å²) in [6.45, 7) is 1.10. The number of phosphoric ester groups is 1. The Morgan fingerprint density at radius 1 is 0.818 bits per heavy atom. The molecule has 1 unspecified atom stereocenters. The van der Waals surface area contributed by atoms with Gasteiger partial charge in [0.2, 0.25) is 0 Å². The van der Waals surface area contributed by atoms with Crippen LogP contribution in [0.25, 0.3) is 0 Å². The molecule has 0 amide bonds. The summed E-state index contributed by atoms with van der Waals surface area (Å²) in [5.41, 5.74) is 0. The molecule has 0 radical (unpaired) electrons. The molecule has 0 aromatic heterocycles. The molecule has 1 atom stereocenters. The first-order valence-electron chi connectivity index (χ1n) is 7.87. The molecule has 22 heavy (non-hydrogen) atoms. The molecule has 0 N–H and O–H groups in total. The van der Waals surface area contributed by atoms with Gasteiger partial charge in [-0.3, -0.25) is 4.57 Å². The van der Waals surface area contributed by atoms with Gasteiger partial charge >= 0.3 is 0 Å². The van der Waals surface area contributed by atoms with E-state index in [2.05, 4.69) is 9.05 Å². The smallest absolute Gasteiger partial charge is 0.267 e. The third kappa shape index (κ3) is 17.1. The van der Waals surface area contributed by atoms with Crippen molar-refractivity contribution in [2.45, 2.75) is 51.4 Å². The molecule has 0 aromatic rings. The van der Waals surface area contributed by atoms with Gasteiger partial charge in [0.25, 0.3) is 7.82 Å². The molecule has 0 heterocycles. The highest BCUT2D eigenvalue weighted by molar-refractivity contribution is 8.76. The summed E-state index contributed by atoms with van der Waals surface area (Å²) in [4.78, 5) is 10.9. The maximum absolute atomic E-state index is 10.9. The van der Waals surface area contributed by atoms with Crippen LogP contribution in [0, 0.1) is 0 Å². The first-order chi connectivity index (χ1) is 10.6. The van der Waals surface area contributed by atoms with Crippen LogP contribution in [0.4, 0.5) is 0 Å². The summed E-state index contributed by atoms with van der Waals surface area (Å²) < 4.78 is 24.8. The lowest BCUT2D eigenvalue weighted by Gasteiger charge is -2.19. The Bertz CT molecular complexity index is 282. The van der Waals surface area contributed by atoms with Gasteiger partial charge in [0.1, 0.15) is 0 Å². The van der Waals surface area contributed by atoms with E-state index in [9.17, 15) is 9.46 Å². The second-order valence-electron chi connectivity index (χ2n) is 4.93. The van der Waals surface area contributed by atoms with Gasteiger partial charge in [-0.25, -0.2) is 0 Å². The Kier molecular flexibility index (Phi) is 17.2. The third-order valence-electron chi connectivity index (χ3n) is 3.00. The zero-order valence-corrected chi connectivity index (χ0v) is 16.3. The van der Waals surface area contributed by atoms with Crippen molar-refractivity contribution in [3.05, 3.63) is 0 Å². The predicted molar refractivity (Wildman–Crippen MR) is 94.3 cm³/mol. The fourth-order valence-electron chi connectivity index (χ4n) is 1.72. The van der Waals surface area contributed by atoms with Gasteiger partial charge in [-0.1, -0.05) is 47.3 Å². The molecule has 134 valence electrons. The average molecular weight is 373 g/mol. The second-order valence-corrected chi connectivity index (χ2v) is 9.15. The molecule has 0 aliphatic carbocycles. The van der Waals surface area contributed by atoms with Crippen molar-refractivity contribution in [2.24, 2.45) is 0 Å². The zero-order chi connectivity index (χ0) is 16.5. The van der Waals surface area contributed by atoms with E-state index in [4.69, 9.17) is 4.74 Å². The minimum absolute atomic E-state index is 0.222. The van der Waals surface area contributed by atoms with Crippen molar-refractivity contribution in [1.29, 1.82) is 0 Å². The van der Waals surface area contributed by atoms with Crippen LogP contribution in [-0.2, 0) is 18.3 Å². The Balaban J connectivity index is 3.07. The van der Waals surface area contributed by atoms with Crippen LogP contribution in [0.2, 0.25) is 0 Å². The van der Waals surface area contributed by atoms with Crippen molar-refractivity contribution in [2.75, 3.05) is 38.9 Å². The monoisotopic (exact) mass is 373 g/mol. The van der Waals surface area contributed by atoms with E-state index in [0.717, 1.165) is 38.7 Å². The largest absolute Gasteiger partial charge is 0.756 e. The van der Waals surface area contributed by atoms with Crippen LogP contribution in [0.15, 0.2) is 0 Å². The maximum atomic E-state index is 10.9. The predicted octanol–water partition coefficient (Wildman–Crippen LogP) is 4.27. The highest BCUT2D eigenvalue weighted by Crippen LogP contribution is 2.36. The Hall–Kier alpha value is 0.770. The fraction of sp³-hybridized carbons (Fsp3) is 1.00. The van der Waals surface area contributed by atoms with Gasteiger partial charge < -0.3 is 18.7 Å². The molecule has 0 aliphatic heterocycles. The normalized spacial score (nSPS) is 14.1. The number of hydrogen-bond acceptors (Lipinski definition) is 7. The highest BCUT2D eigenvalue weighted by atomic mass is 33.1. The van der Waals surface area contributed by atoms with Crippen LogP contribution in [0.1, 0.15) is 51.4 Å². The van der Waals surface area contributed by atoms with E-state index < -0.39 is 7.82 Å². The quantitative estimate of drug-likeness (QED) is 0.214. The van der Waals surface area contributed by atoms with Crippen molar-refractivity contribution in [1.82, 2.24) is 0 Å². The maximum Gasteiger partial charge on any atom is 0.267 e. The summed E-state index contributed by atoms with van der Waals surface area (Å²) in [5.74, 6) is 2.38. The fourth-order valence-corrected chi connectivity index (χ4v) is 4.48. The molecule has 0 aliphatic rings. The minimum Gasteiger partial charge on any atom is -0.756 e. The van der Waals surface area contributed by atoms with Crippen molar-refractivity contribution < 1.29 is 23.2 Å². The summed E-state index contributed by atoms with van der Waals surface area (Å²) in [6.07, 6.45) is 9.05. The molecular weight excluding hydrogens is 343 g/mol. The summed E-state index contributed by atoms with van der Waals surface area (Å²) >= 11 is 0. The number of hydrogen-bond donors (Lipinski definition) is 0.